The molecule has 0 saturated heterocycles. The van der Waals surface area contributed by atoms with E-state index < -0.39 is 0 Å². The monoisotopic (exact) mass is 379 g/mol. The minimum absolute atomic E-state index is 0.424. The van der Waals surface area contributed by atoms with E-state index in [-0.39, 0.29) is 0 Å². The van der Waals surface area contributed by atoms with Crippen molar-refractivity contribution in [1.82, 2.24) is 0 Å². The van der Waals surface area contributed by atoms with E-state index in [0.29, 0.717) is 23.1 Å². The molecule has 4 heteroatoms. The van der Waals surface area contributed by atoms with Crippen molar-refractivity contribution < 1.29 is 9.47 Å². The lowest BCUT2D eigenvalue weighted by atomic mass is 10.1. The number of aliphatic imine (C=N–C) groups is 1. The Kier molecular flexibility index (Phi) is 6.15. The summed E-state index contributed by atoms with van der Waals surface area (Å²) in [7, 11) is 1.60. The van der Waals surface area contributed by atoms with Crippen LogP contribution >= 0.6 is 11.6 Å². The first kappa shape index (κ1) is 19.0. The maximum Gasteiger partial charge on any atom is 0.180 e. The van der Waals surface area contributed by atoms with Gasteiger partial charge in [-0.1, -0.05) is 59.6 Å². The predicted octanol–water partition coefficient (Wildman–Crippen LogP) is 6.30. The van der Waals surface area contributed by atoms with Crippen LogP contribution in [0.25, 0.3) is 0 Å². The van der Waals surface area contributed by atoms with E-state index in [2.05, 4.69) is 24.0 Å². The van der Waals surface area contributed by atoms with E-state index in [1.165, 1.54) is 5.56 Å². The topological polar surface area (TPSA) is 30.8 Å². The van der Waals surface area contributed by atoms with Gasteiger partial charge in [0.15, 0.2) is 11.5 Å². The minimum Gasteiger partial charge on any atom is -0.493 e. The number of para-hydroxylation sites is 1. The highest BCUT2D eigenvalue weighted by molar-refractivity contribution is 6.32. The number of hydrogen-bond acceptors (Lipinski definition) is 3. The minimum atomic E-state index is 0.424. The number of nitrogens with zero attached hydrogens (tertiary/aromatic N) is 1. The molecule has 0 atom stereocenters. The zero-order valence-corrected chi connectivity index (χ0v) is 16.5. The van der Waals surface area contributed by atoms with Gasteiger partial charge in [-0.25, -0.2) is 0 Å². The molecule has 0 aliphatic carbocycles. The Morgan fingerprint density at radius 3 is 2.44 bits per heavy atom. The molecular formula is C23H22ClNO2. The summed E-state index contributed by atoms with van der Waals surface area (Å²) in [5.41, 5.74) is 5.18. The van der Waals surface area contributed by atoms with Crippen molar-refractivity contribution in [1.29, 1.82) is 0 Å². The molecule has 0 heterocycles. The molecular weight excluding hydrogens is 358 g/mol. The van der Waals surface area contributed by atoms with Gasteiger partial charge < -0.3 is 9.47 Å². The van der Waals surface area contributed by atoms with Gasteiger partial charge in [0, 0.05) is 6.21 Å². The number of ether oxygens (including phenoxy) is 2. The molecule has 138 valence electrons. The van der Waals surface area contributed by atoms with Gasteiger partial charge in [0.1, 0.15) is 6.61 Å². The molecule has 0 fully saturated rings. The fraction of sp³-hybridized carbons (Fsp3) is 0.174. The maximum absolute atomic E-state index is 6.45. The molecule has 0 aliphatic heterocycles. The van der Waals surface area contributed by atoms with Crippen LogP contribution in [0.3, 0.4) is 0 Å². The van der Waals surface area contributed by atoms with E-state index in [4.69, 9.17) is 21.1 Å². The van der Waals surface area contributed by atoms with Crippen molar-refractivity contribution in [2.75, 3.05) is 7.11 Å². The third-order valence-electron chi connectivity index (χ3n) is 4.22. The molecule has 27 heavy (non-hydrogen) atoms. The number of methoxy groups -OCH3 is 1. The summed E-state index contributed by atoms with van der Waals surface area (Å²) < 4.78 is 11.4. The van der Waals surface area contributed by atoms with Gasteiger partial charge in [0.2, 0.25) is 0 Å². The summed E-state index contributed by atoms with van der Waals surface area (Å²) in [5, 5.41) is 0.493. The fourth-order valence-electron chi connectivity index (χ4n) is 2.65. The highest BCUT2D eigenvalue weighted by atomic mass is 35.5. The highest BCUT2D eigenvalue weighted by Crippen LogP contribution is 2.36. The first-order chi connectivity index (χ1) is 13.1. The molecule has 3 aromatic carbocycles. The predicted molar refractivity (Wildman–Crippen MR) is 112 cm³/mol. The third-order valence-corrected chi connectivity index (χ3v) is 4.50. The maximum atomic E-state index is 6.45. The summed E-state index contributed by atoms with van der Waals surface area (Å²) in [6, 6.07) is 19.9. The number of rotatable bonds is 6. The second kappa shape index (κ2) is 8.74. The summed E-state index contributed by atoms with van der Waals surface area (Å²) in [6.45, 7) is 4.51. The molecule has 0 aliphatic rings. The van der Waals surface area contributed by atoms with Crippen LogP contribution in [-0.2, 0) is 6.61 Å². The van der Waals surface area contributed by atoms with Gasteiger partial charge in [-0.15, -0.1) is 0 Å². The Balaban J connectivity index is 1.80. The number of benzene rings is 3. The molecule has 0 saturated carbocycles. The van der Waals surface area contributed by atoms with Gasteiger partial charge >= 0.3 is 0 Å². The molecule has 3 nitrogen and oxygen atoms in total. The summed E-state index contributed by atoms with van der Waals surface area (Å²) in [5.74, 6) is 1.12. The lowest BCUT2D eigenvalue weighted by molar-refractivity contribution is 0.284. The molecule has 0 radical (unpaired) electrons. The van der Waals surface area contributed by atoms with E-state index in [1.54, 1.807) is 13.3 Å². The van der Waals surface area contributed by atoms with E-state index in [9.17, 15) is 0 Å². The molecule has 0 spiro atoms. The number of hydrogen-bond donors (Lipinski definition) is 0. The number of halogens is 1. The van der Waals surface area contributed by atoms with Gasteiger partial charge in [0.05, 0.1) is 17.8 Å². The quantitative estimate of drug-likeness (QED) is 0.471. The summed E-state index contributed by atoms with van der Waals surface area (Å²) >= 11 is 6.45. The molecule has 0 amide bonds. The van der Waals surface area contributed by atoms with Gasteiger partial charge in [-0.05, 0) is 48.7 Å². The molecule has 0 bridgehead atoms. The number of aryl methyl sites for hydroxylation is 2. The standard InChI is InChI=1S/C23H22ClNO2/c1-16-8-10-18(11-9-16)15-27-23-20(24)12-19(13-22(23)26-3)14-25-21-7-5-4-6-17(21)2/h4-14H,15H2,1-3H3. The highest BCUT2D eigenvalue weighted by Gasteiger charge is 2.12. The SMILES string of the molecule is COc1cc(C=Nc2ccccc2C)cc(Cl)c1OCc1ccc(C)cc1. The first-order valence-electron chi connectivity index (χ1n) is 8.72. The van der Waals surface area contributed by atoms with E-state index in [1.807, 2.05) is 55.5 Å². The zero-order chi connectivity index (χ0) is 19.2. The second-order valence-corrected chi connectivity index (χ2v) is 6.76. The van der Waals surface area contributed by atoms with Crippen molar-refractivity contribution >= 4 is 23.5 Å². The fourth-order valence-corrected chi connectivity index (χ4v) is 2.92. The Labute approximate surface area is 165 Å². The van der Waals surface area contributed by atoms with Crippen molar-refractivity contribution in [3.63, 3.8) is 0 Å². The van der Waals surface area contributed by atoms with Crippen LogP contribution in [0.5, 0.6) is 11.5 Å². The van der Waals surface area contributed by atoms with Gasteiger partial charge in [0.25, 0.3) is 0 Å². The van der Waals surface area contributed by atoms with Crippen LogP contribution in [0.1, 0.15) is 22.3 Å². The van der Waals surface area contributed by atoms with Crippen molar-refractivity contribution in [3.05, 3.63) is 87.9 Å². The smallest absolute Gasteiger partial charge is 0.180 e. The molecule has 0 aromatic heterocycles. The van der Waals surface area contributed by atoms with Crippen LogP contribution in [0, 0.1) is 13.8 Å². The summed E-state index contributed by atoms with van der Waals surface area (Å²) in [6.07, 6.45) is 1.78. The van der Waals surface area contributed by atoms with Gasteiger partial charge in [-0.2, -0.15) is 0 Å². The lowest BCUT2D eigenvalue weighted by Crippen LogP contribution is -1.99. The van der Waals surface area contributed by atoms with Crippen molar-refractivity contribution in [3.8, 4) is 11.5 Å². The average molecular weight is 380 g/mol. The zero-order valence-electron chi connectivity index (χ0n) is 15.7. The molecule has 0 unspecified atom stereocenters. The average Bonchev–Trinajstić information content (AvgIpc) is 2.67. The van der Waals surface area contributed by atoms with Crippen LogP contribution in [0.2, 0.25) is 5.02 Å². The molecule has 0 N–H and O–H groups in total. The Morgan fingerprint density at radius 2 is 1.74 bits per heavy atom. The van der Waals surface area contributed by atoms with Crippen LogP contribution < -0.4 is 9.47 Å². The molecule has 3 aromatic rings. The van der Waals surface area contributed by atoms with Crippen molar-refractivity contribution in [2.45, 2.75) is 20.5 Å². The van der Waals surface area contributed by atoms with Crippen LogP contribution in [-0.4, -0.2) is 13.3 Å². The Morgan fingerprint density at radius 1 is 1.00 bits per heavy atom. The normalized spacial score (nSPS) is 11.0. The van der Waals surface area contributed by atoms with Crippen LogP contribution in [0.4, 0.5) is 5.69 Å². The van der Waals surface area contributed by atoms with Crippen molar-refractivity contribution in [2.24, 2.45) is 4.99 Å². The summed E-state index contributed by atoms with van der Waals surface area (Å²) in [4.78, 5) is 4.54. The second-order valence-electron chi connectivity index (χ2n) is 6.35. The van der Waals surface area contributed by atoms with Crippen LogP contribution in [0.15, 0.2) is 65.7 Å². The van der Waals surface area contributed by atoms with E-state index >= 15 is 0 Å². The van der Waals surface area contributed by atoms with E-state index in [0.717, 1.165) is 22.4 Å². The lowest BCUT2D eigenvalue weighted by Gasteiger charge is -2.13. The Hall–Kier alpha value is -2.78. The van der Waals surface area contributed by atoms with Gasteiger partial charge in [-0.3, -0.25) is 4.99 Å². The molecule has 3 rings (SSSR count). The Bertz CT molecular complexity index is 949. The first-order valence-corrected chi connectivity index (χ1v) is 9.10. The largest absolute Gasteiger partial charge is 0.493 e. The third kappa shape index (κ3) is 4.89.